The molecule has 0 fully saturated rings. The van der Waals surface area contributed by atoms with Gasteiger partial charge in [0.15, 0.2) is 0 Å². The number of hydrogen-bond acceptors (Lipinski definition) is 2. The van der Waals surface area contributed by atoms with E-state index in [1.807, 2.05) is 30.3 Å². The van der Waals surface area contributed by atoms with Crippen molar-refractivity contribution in [2.75, 3.05) is 0 Å². The molecule has 0 unspecified atom stereocenters. The minimum atomic E-state index is -0.127. The summed E-state index contributed by atoms with van der Waals surface area (Å²) in [5.41, 5.74) is 9.42. The van der Waals surface area contributed by atoms with Gasteiger partial charge in [-0.05, 0) is 54.3 Å². The van der Waals surface area contributed by atoms with E-state index in [4.69, 9.17) is 0 Å². The fourth-order valence-corrected chi connectivity index (χ4v) is 4.15. The molecule has 3 aromatic carbocycles. The number of carbonyl (C=O) groups is 1. The molecular formula is C27H27N3O. The smallest absolute Gasteiger partial charge is 0.244 e. The van der Waals surface area contributed by atoms with Crippen molar-refractivity contribution in [2.45, 2.75) is 33.6 Å². The maximum Gasteiger partial charge on any atom is 0.244 e. The van der Waals surface area contributed by atoms with E-state index >= 15 is 0 Å². The minimum absolute atomic E-state index is 0.127. The summed E-state index contributed by atoms with van der Waals surface area (Å²) in [4.78, 5) is 12.5. The third-order valence-corrected chi connectivity index (χ3v) is 5.71. The highest BCUT2D eigenvalue weighted by Crippen LogP contribution is 2.23. The zero-order chi connectivity index (χ0) is 21.8. The van der Waals surface area contributed by atoms with Gasteiger partial charge in [-0.15, -0.1) is 0 Å². The van der Waals surface area contributed by atoms with Gasteiger partial charge in [0.25, 0.3) is 0 Å². The van der Waals surface area contributed by atoms with Crippen LogP contribution in [0.2, 0.25) is 0 Å². The highest BCUT2D eigenvalue weighted by molar-refractivity contribution is 5.90. The molecule has 31 heavy (non-hydrogen) atoms. The summed E-state index contributed by atoms with van der Waals surface area (Å²) < 4.78 is 2.25. The Kier molecular flexibility index (Phi) is 5.99. The Hall–Kier alpha value is -3.66. The molecule has 0 bridgehead atoms. The molecule has 1 aromatic heterocycles. The number of nitrogens with zero attached hydrogens (tertiary/aromatic N) is 2. The average Bonchev–Trinajstić information content (AvgIpc) is 3.07. The number of hydrazone groups is 1. The van der Waals surface area contributed by atoms with E-state index in [1.54, 1.807) is 6.21 Å². The van der Waals surface area contributed by atoms with Crippen LogP contribution in [0, 0.1) is 13.8 Å². The van der Waals surface area contributed by atoms with Gasteiger partial charge < -0.3 is 4.57 Å². The number of rotatable bonds is 6. The highest BCUT2D eigenvalue weighted by Gasteiger charge is 2.12. The van der Waals surface area contributed by atoms with Crippen molar-refractivity contribution in [3.05, 3.63) is 101 Å². The van der Waals surface area contributed by atoms with E-state index in [0.717, 1.165) is 39.7 Å². The molecule has 1 heterocycles. The second-order valence-corrected chi connectivity index (χ2v) is 7.75. The molecule has 0 radical (unpaired) electrons. The van der Waals surface area contributed by atoms with Crippen LogP contribution in [0.5, 0.6) is 0 Å². The second-order valence-electron chi connectivity index (χ2n) is 7.75. The number of benzene rings is 3. The van der Waals surface area contributed by atoms with E-state index in [1.165, 1.54) is 11.3 Å². The van der Waals surface area contributed by atoms with Crippen LogP contribution in [-0.4, -0.2) is 16.7 Å². The molecule has 0 atom stereocenters. The standard InChI is InChI=1S/C27H27N3O/c1-4-21-10-6-8-15-26(21)30-19(2)16-24(20(30)3)18-28-29-27(31)17-23-13-9-12-22-11-5-7-14-25(22)23/h5-16,18H,4,17H2,1-3H3,(H,29,31)/b28-18+. The predicted molar refractivity (Wildman–Crippen MR) is 128 cm³/mol. The first-order valence-electron chi connectivity index (χ1n) is 10.6. The zero-order valence-corrected chi connectivity index (χ0v) is 18.2. The van der Waals surface area contributed by atoms with Crippen molar-refractivity contribution >= 4 is 22.9 Å². The largest absolute Gasteiger partial charge is 0.318 e. The average molecular weight is 410 g/mol. The molecule has 4 rings (SSSR count). The zero-order valence-electron chi connectivity index (χ0n) is 18.2. The Morgan fingerprint density at radius 2 is 1.68 bits per heavy atom. The van der Waals surface area contributed by atoms with Crippen LogP contribution in [0.1, 0.15) is 35.0 Å². The molecule has 1 N–H and O–H groups in total. The van der Waals surface area contributed by atoms with Crippen molar-refractivity contribution in [3.8, 4) is 5.69 Å². The molecule has 0 aliphatic rings. The van der Waals surface area contributed by atoms with Crippen LogP contribution in [-0.2, 0) is 17.6 Å². The molecule has 0 saturated heterocycles. The number of hydrogen-bond donors (Lipinski definition) is 1. The molecule has 156 valence electrons. The molecule has 4 nitrogen and oxygen atoms in total. The topological polar surface area (TPSA) is 46.4 Å². The summed E-state index contributed by atoms with van der Waals surface area (Å²) >= 11 is 0. The number of aryl methyl sites for hydroxylation is 2. The predicted octanol–water partition coefficient (Wildman–Crippen LogP) is 5.50. The van der Waals surface area contributed by atoms with Gasteiger partial charge in [0, 0.05) is 22.6 Å². The summed E-state index contributed by atoms with van der Waals surface area (Å²) in [6.45, 7) is 6.34. The van der Waals surface area contributed by atoms with Gasteiger partial charge in [-0.3, -0.25) is 4.79 Å². The second kappa shape index (κ2) is 9.00. The third-order valence-electron chi connectivity index (χ3n) is 5.71. The lowest BCUT2D eigenvalue weighted by molar-refractivity contribution is -0.120. The molecule has 4 aromatic rings. The fourth-order valence-electron chi connectivity index (χ4n) is 4.15. The van der Waals surface area contributed by atoms with Gasteiger partial charge in [0.05, 0.1) is 12.6 Å². The van der Waals surface area contributed by atoms with Gasteiger partial charge in [0.1, 0.15) is 0 Å². The van der Waals surface area contributed by atoms with Gasteiger partial charge in [-0.1, -0.05) is 67.6 Å². The van der Waals surface area contributed by atoms with Crippen molar-refractivity contribution in [2.24, 2.45) is 5.10 Å². The number of nitrogens with one attached hydrogen (secondary N) is 1. The fraction of sp³-hybridized carbons (Fsp3) is 0.185. The Balaban J connectivity index is 1.50. The summed E-state index contributed by atoms with van der Waals surface area (Å²) in [7, 11) is 0. The molecule has 0 saturated carbocycles. The van der Waals surface area contributed by atoms with Gasteiger partial charge in [-0.25, -0.2) is 5.43 Å². The lowest BCUT2D eigenvalue weighted by atomic mass is 10.0. The van der Waals surface area contributed by atoms with Gasteiger partial charge in [-0.2, -0.15) is 5.10 Å². The number of aromatic nitrogens is 1. The van der Waals surface area contributed by atoms with Crippen molar-refractivity contribution in [1.29, 1.82) is 0 Å². The van der Waals surface area contributed by atoms with Crippen LogP contribution in [0.4, 0.5) is 0 Å². The maximum atomic E-state index is 12.5. The van der Waals surface area contributed by atoms with Crippen LogP contribution in [0.25, 0.3) is 16.5 Å². The van der Waals surface area contributed by atoms with Crippen molar-refractivity contribution in [3.63, 3.8) is 0 Å². The van der Waals surface area contributed by atoms with E-state index in [2.05, 4.69) is 78.3 Å². The number of para-hydroxylation sites is 1. The molecule has 4 heteroatoms. The number of fused-ring (bicyclic) bond motifs is 1. The molecule has 0 aliphatic heterocycles. The van der Waals surface area contributed by atoms with Crippen molar-refractivity contribution < 1.29 is 4.79 Å². The number of amides is 1. The minimum Gasteiger partial charge on any atom is -0.318 e. The van der Waals surface area contributed by atoms with E-state index < -0.39 is 0 Å². The third kappa shape index (κ3) is 4.29. The normalized spacial score (nSPS) is 11.3. The first-order chi connectivity index (χ1) is 15.1. The lowest BCUT2D eigenvalue weighted by Crippen LogP contribution is -2.20. The monoisotopic (exact) mass is 409 g/mol. The molecule has 1 amide bonds. The van der Waals surface area contributed by atoms with Gasteiger partial charge >= 0.3 is 0 Å². The van der Waals surface area contributed by atoms with E-state index in [9.17, 15) is 4.79 Å². The molecule has 0 spiro atoms. The van der Waals surface area contributed by atoms with Crippen LogP contribution >= 0.6 is 0 Å². The SMILES string of the molecule is CCc1ccccc1-n1c(C)cc(/C=N/NC(=O)Cc2cccc3ccccc23)c1C. The Morgan fingerprint density at radius 1 is 0.968 bits per heavy atom. The first-order valence-corrected chi connectivity index (χ1v) is 10.6. The first kappa shape index (κ1) is 20.6. The van der Waals surface area contributed by atoms with E-state index in [0.29, 0.717) is 6.42 Å². The Morgan fingerprint density at radius 3 is 2.52 bits per heavy atom. The highest BCUT2D eigenvalue weighted by atomic mass is 16.2. The quantitative estimate of drug-likeness (QED) is 0.332. The summed E-state index contributed by atoms with van der Waals surface area (Å²) in [5.74, 6) is -0.127. The summed E-state index contributed by atoms with van der Waals surface area (Å²) in [6.07, 6.45) is 3.00. The summed E-state index contributed by atoms with van der Waals surface area (Å²) in [6, 6.07) is 24.7. The number of carbonyl (C=O) groups excluding carboxylic acids is 1. The maximum absolute atomic E-state index is 12.5. The van der Waals surface area contributed by atoms with Crippen LogP contribution < -0.4 is 5.43 Å². The summed E-state index contributed by atoms with van der Waals surface area (Å²) in [5, 5.41) is 6.47. The van der Waals surface area contributed by atoms with Crippen LogP contribution in [0.15, 0.2) is 77.9 Å². The molecular weight excluding hydrogens is 382 g/mol. The lowest BCUT2D eigenvalue weighted by Gasteiger charge is -2.13. The molecule has 0 aliphatic carbocycles. The Bertz CT molecular complexity index is 1260. The van der Waals surface area contributed by atoms with Crippen LogP contribution in [0.3, 0.4) is 0 Å². The van der Waals surface area contributed by atoms with Crippen molar-refractivity contribution in [1.82, 2.24) is 9.99 Å². The van der Waals surface area contributed by atoms with Gasteiger partial charge in [0.2, 0.25) is 5.91 Å². The Labute approximate surface area is 183 Å². The van der Waals surface area contributed by atoms with E-state index in [-0.39, 0.29) is 5.91 Å².